The Morgan fingerprint density at radius 3 is 2.04 bits per heavy atom. The third-order valence-corrected chi connectivity index (χ3v) is 4.57. The molecule has 0 saturated heterocycles. The fourth-order valence-electron chi connectivity index (χ4n) is 2.88. The van der Waals surface area contributed by atoms with Gasteiger partial charge in [-0.3, -0.25) is 0 Å². The van der Waals surface area contributed by atoms with E-state index in [1.165, 1.54) is 70.6 Å². The number of hydrogen-bond donors (Lipinski definition) is 0. The maximum Gasteiger partial charge on any atom is 0.188 e. The second-order valence-electron chi connectivity index (χ2n) is 6.93. The third-order valence-electron chi connectivity index (χ3n) is 4.57. The predicted molar refractivity (Wildman–Crippen MR) is 109 cm³/mol. The van der Waals surface area contributed by atoms with Crippen molar-refractivity contribution in [3.8, 4) is 0 Å². The molecule has 4 nitrogen and oxygen atoms in total. The summed E-state index contributed by atoms with van der Waals surface area (Å²) in [5, 5.41) is 0. The first kappa shape index (κ1) is 25.4. The molecule has 156 valence electrons. The number of ether oxygens (including phenoxy) is 4. The topological polar surface area (TPSA) is 36.9 Å². The van der Waals surface area contributed by atoms with Gasteiger partial charge in [-0.1, -0.05) is 64.7 Å². The van der Waals surface area contributed by atoms with Gasteiger partial charge >= 0.3 is 0 Å². The minimum atomic E-state index is -0.0276. The van der Waals surface area contributed by atoms with Crippen molar-refractivity contribution in [2.45, 2.75) is 103 Å². The summed E-state index contributed by atoms with van der Waals surface area (Å²) in [7, 11) is 3.41. The number of methoxy groups -OCH3 is 2. The van der Waals surface area contributed by atoms with Crippen LogP contribution in [0, 0.1) is 0 Å². The summed E-state index contributed by atoms with van der Waals surface area (Å²) >= 11 is 0. The van der Waals surface area contributed by atoms with E-state index in [2.05, 4.69) is 13.0 Å². The molecule has 0 heterocycles. The largest absolute Gasteiger partial charge is 0.475 e. The lowest BCUT2D eigenvalue weighted by Gasteiger charge is -2.12. The molecule has 0 aliphatic heterocycles. The zero-order chi connectivity index (χ0) is 19.1. The zero-order valence-corrected chi connectivity index (χ0v) is 17.7. The molecule has 0 N–H and O–H groups in total. The van der Waals surface area contributed by atoms with Gasteiger partial charge in [-0.25, -0.2) is 0 Å². The monoisotopic (exact) mass is 372 g/mol. The molecule has 0 amide bonds. The molecular weight excluding hydrogens is 328 g/mol. The first-order chi connectivity index (χ1) is 12.8. The third kappa shape index (κ3) is 19.7. The van der Waals surface area contributed by atoms with Gasteiger partial charge in [0, 0.05) is 14.2 Å². The van der Waals surface area contributed by atoms with Crippen LogP contribution in [0.2, 0.25) is 0 Å². The van der Waals surface area contributed by atoms with Crippen molar-refractivity contribution in [1.82, 2.24) is 0 Å². The van der Waals surface area contributed by atoms with Crippen molar-refractivity contribution in [3.63, 3.8) is 0 Å². The van der Waals surface area contributed by atoms with Gasteiger partial charge in [-0.2, -0.15) is 0 Å². The van der Waals surface area contributed by atoms with Gasteiger partial charge in [0.2, 0.25) is 0 Å². The molecule has 0 saturated carbocycles. The van der Waals surface area contributed by atoms with Crippen LogP contribution >= 0.6 is 0 Å². The van der Waals surface area contributed by atoms with Crippen LogP contribution in [0.4, 0.5) is 0 Å². The van der Waals surface area contributed by atoms with Gasteiger partial charge in [0.15, 0.2) is 13.1 Å². The minimum absolute atomic E-state index is 0.0276. The van der Waals surface area contributed by atoms with Crippen molar-refractivity contribution in [2.24, 2.45) is 0 Å². The molecule has 0 bridgehead atoms. The molecule has 0 aromatic rings. The Morgan fingerprint density at radius 2 is 1.35 bits per heavy atom. The highest BCUT2D eigenvalue weighted by Gasteiger charge is 2.03. The highest BCUT2D eigenvalue weighted by Crippen LogP contribution is 2.12. The number of rotatable bonds is 21. The second-order valence-corrected chi connectivity index (χ2v) is 6.93. The Kier molecular flexibility index (Phi) is 22.0. The molecule has 26 heavy (non-hydrogen) atoms. The Bertz CT molecular complexity index is 277. The molecule has 4 heteroatoms. The van der Waals surface area contributed by atoms with E-state index in [0.717, 1.165) is 25.9 Å². The normalized spacial score (nSPS) is 11.7. The number of unbranched alkanes of at least 4 members (excludes halogenated alkanes) is 11. The molecule has 0 aromatic carbocycles. The maximum absolute atomic E-state index is 5.45. The van der Waals surface area contributed by atoms with Crippen molar-refractivity contribution in [1.29, 1.82) is 0 Å². The minimum Gasteiger partial charge on any atom is -0.475 e. The average Bonchev–Trinajstić information content (AvgIpc) is 2.66. The molecule has 0 aliphatic rings. The van der Waals surface area contributed by atoms with Gasteiger partial charge in [-0.05, 0) is 38.2 Å². The summed E-state index contributed by atoms with van der Waals surface area (Å²) in [4.78, 5) is 0. The Hall–Kier alpha value is -0.580. The Balaban J connectivity index is 3.13. The van der Waals surface area contributed by atoms with E-state index in [4.69, 9.17) is 18.9 Å². The first-order valence-electron chi connectivity index (χ1n) is 10.7. The summed E-state index contributed by atoms with van der Waals surface area (Å²) < 4.78 is 21.2. The van der Waals surface area contributed by atoms with Crippen LogP contribution in [0.15, 0.2) is 12.3 Å². The SMILES string of the molecule is CCCCCCCOCOC=CCCCCCCCCCC(OC)OC. The van der Waals surface area contributed by atoms with E-state index in [0.29, 0.717) is 6.79 Å². The standard InChI is InChI=1S/C22H44O4/c1-4-5-6-13-16-19-25-21-26-20-17-14-11-9-7-8-10-12-15-18-22(23-2)24-3/h17,20,22H,4-16,18-19,21H2,1-3H3. The van der Waals surface area contributed by atoms with Crippen LogP contribution in [0.5, 0.6) is 0 Å². The molecule has 0 fully saturated rings. The number of hydrogen-bond acceptors (Lipinski definition) is 4. The van der Waals surface area contributed by atoms with E-state index in [1.807, 2.05) is 0 Å². The fourth-order valence-corrected chi connectivity index (χ4v) is 2.88. The molecule has 0 aliphatic carbocycles. The lowest BCUT2D eigenvalue weighted by molar-refractivity contribution is -0.107. The van der Waals surface area contributed by atoms with Crippen molar-refractivity contribution >= 4 is 0 Å². The summed E-state index contributed by atoms with van der Waals surface area (Å²) in [5.41, 5.74) is 0. The zero-order valence-electron chi connectivity index (χ0n) is 17.7. The predicted octanol–water partition coefficient (Wildman–Crippen LogP) is 6.59. The summed E-state index contributed by atoms with van der Waals surface area (Å²) in [6.45, 7) is 3.44. The van der Waals surface area contributed by atoms with E-state index < -0.39 is 0 Å². The summed E-state index contributed by atoms with van der Waals surface area (Å²) in [6.07, 6.45) is 21.3. The molecule has 0 atom stereocenters. The van der Waals surface area contributed by atoms with Crippen LogP contribution in [0.25, 0.3) is 0 Å². The lowest BCUT2D eigenvalue weighted by Crippen LogP contribution is -2.12. The van der Waals surface area contributed by atoms with E-state index >= 15 is 0 Å². The highest BCUT2D eigenvalue weighted by molar-refractivity contribution is 4.72. The van der Waals surface area contributed by atoms with Crippen LogP contribution in [0.3, 0.4) is 0 Å². The van der Waals surface area contributed by atoms with E-state index in [-0.39, 0.29) is 6.29 Å². The van der Waals surface area contributed by atoms with Crippen LogP contribution in [0.1, 0.15) is 96.8 Å². The van der Waals surface area contributed by atoms with Gasteiger partial charge in [0.05, 0.1) is 12.9 Å². The van der Waals surface area contributed by atoms with Crippen molar-refractivity contribution in [3.05, 3.63) is 12.3 Å². The van der Waals surface area contributed by atoms with Gasteiger partial charge in [-0.15, -0.1) is 0 Å². The molecular formula is C22H44O4. The van der Waals surface area contributed by atoms with Gasteiger partial charge < -0.3 is 18.9 Å². The molecule has 0 unspecified atom stereocenters. The lowest BCUT2D eigenvalue weighted by atomic mass is 10.1. The highest BCUT2D eigenvalue weighted by atomic mass is 16.7. The van der Waals surface area contributed by atoms with Crippen LogP contribution in [-0.4, -0.2) is 33.9 Å². The quantitative estimate of drug-likeness (QED) is 0.129. The number of allylic oxidation sites excluding steroid dienone is 1. The molecule has 0 radical (unpaired) electrons. The molecule has 0 spiro atoms. The van der Waals surface area contributed by atoms with Crippen molar-refractivity contribution < 1.29 is 18.9 Å². The van der Waals surface area contributed by atoms with Crippen LogP contribution in [-0.2, 0) is 18.9 Å². The smallest absolute Gasteiger partial charge is 0.188 e. The van der Waals surface area contributed by atoms with Gasteiger partial charge in [0.1, 0.15) is 0 Å². The van der Waals surface area contributed by atoms with Gasteiger partial charge in [0.25, 0.3) is 0 Å². The fraction of sp³-hybridized carbons (Fsp3) is 0.909. The van der Waals surface area contributed by atoms with Crippen molar-refractivity contribution in [2.75, 3.05) is 27.6 Å². The molecule has 0 aromatic heterocycles. The van der Waals surface area contributed by atoms with Crippen LogP contribution < -0.4 is 0 Å². The second kappa shape index (κ2) is 22.5. The summed E-state index contributed by atoms with van der Waals surface area (Å²) in [6, 6.07) is 0. The Morgan fingerprint density at radius 1 is 0.731 bits per heavy atom. The van der Waals surface area contributed by atoms with E-state index in [9.17, 15) is 0 Å². The average molecular weight is 373 g/mol. The first-order valence-corrected chi connectivity index (χ1v) is 10.7. The van der Waals surface area contributed by atoms with E-state index in [1.54, 1.807) is 20.5 Å². The molecule has 0 rings (SSSR count). The maximum atomic E-state index is 5.45. The summed E-state index contributed by atoms with van der Waals surface area (Å²) in [5.74, 6) is 0. The Labute approximate surface area is 162 Å².